The zero-order valence-corrected chi connectivity index (χ0v) is 11.2. The second kappa shape index (κ2) is 5.65. The van der Waals surface area contributed by atoms with Crippen LogP contribution in [-0.2, 0) is 7.05 Å². The van der Waals surface area contributed by atoms with Crippen LogP contribution in [0.15, 0.2) is 12.4 Å². The molecule has 1 aromatic rings. The van der Waals surface area contributed by atoms with Gasteiger partial charge in [0.15, 0.2) is 0 Å². The maximum absolute atomic E-state index is 4.21. The summed E-state index contributed by atoms with van der Waals surface area (Å²) in [6.07, 6.45) is 6.73. The first-order valence-electron chi connectivity index (χ1n) is 6.55. The first-order valence-corrected chi connectivity index (χ1v) is 6.55. The van der Waals surface area contributed by atoms with E-state index in [-0.39, 0.29) is 0 Å². The zero-order valence-electron chi connectivity index (χ0n) is 11.2. The van der Waals surface area contributed by atoms with E-state index >= 15 is 0 Å². The fraction of sp³-hybridized carbons (Fsp3) is 0.769. The Bertz CT molecular complexity index is 347. The molecule has 1 aliphatic heterocycles. The van der Waals surface area contributed by atoms with Crippen molar-refractivity contribution in [2.45, 2.75) is 25.8 Å². The van der Waals surface area contributed by atoms with Crippen molar-refractivity contribution in [3.8, 4) is 0 Å². The van der Waals surface area contributed by atoms with E-state index in [2.05, 4.69) is 35.5 Å². The molecule has 0 saturated carbocycles. The van der Waals surface area contributed by atoms with Crippen LogP contribution in [-0.4, -0.2) is 41.4 Å². The van der Waals surface area contributed by atoms with E-state index < -0.39 is 0 Å². The lowest BCUT2D eigenvalue weighted by Crippen LogP contribution is -2.37. The Morgan fingerprint density at radius 2 is 2.35 bits per heavy atom. The number of piperidine rings is 1. The highest BCUT2D eigenvalue weighted by Gasteiger charge is 2.17. The zero-order chi connectivity index (χ0) is 12.3. The Balaban J connectivity index is 1.77. The van der Waals surface area contributed by atoms with E-state index in [1.165, 1.54) is 31.5 Å². The van der Waals surface area contributed by atoms with Crippen LogP contribution in [0.4, 0.5) is 0 Å². The molecular formula is C13H24N4. The van der Waals surface area contributed by atoms with Crippen LogP contribution in [0.3, 0.4) is 0 Å². The van der Waals surface area contributed by atoms with Gasteiger partial charge in [0.25, 0.3) is 0 Å². The summed E-state index contributed by atoms with van der Waals surface area (Å²) in [4.78, 5) is 2.44. The minimum Gasteiger partial charge on any atom is -0.310 e. The molecule has 1 N–H and O–H groups in total. The van der Waals surface area contributed by atoms with Crippen LogP contribution in [0, 0.1) is 5.92 Å². The quantitative estimate of drug-likeness (QED) is 0.858. The van der Waals surface area contributed by atoms with Crippen molar-refractivity contribution in [2.75, 3.05) is 26.7 Å². The standard InChI is InChI=1S/C13H24N4/c1-11(13-8-15-17(3)10-13)14-7-12-5-4-6-16(2)9-12/h8,10-12,14H,4-7,9H2,1-3H3. The molecule has 0 amide bonds. The number of rotatable bonds is 4. The highest BCUT2D eigenvalue weighted by atomic mass is 15.2. The first-order chi connectivity index (χ1) is 8.15. The van der Waals surface area contributed by atoms with E-state index in [1.807, 2.05) is 17.9 Å². The van der Waals surface area contributed by atoms with E-state index in [4.69, 9.17) is 0 Å². The fourth-order valence-corrected chi connectivity index (χ4v) is 2.56. The number of likely N-dealkylation sites (tertiary alicyclic amines) is 1. The molecule has 0 spiro atoms. The summed E-state index contributed by atoms with van der Waals surface area (Å²) < 4.78 is 1.86. The molecule has 2 heterocycles. The second-order valence-corrected chi connectivity index (χ2v) is 5.35. The predicted molar refractivity (Wildman–Crippen MR) is 69.8 cm³/mol. The van der Waals surface area contributed by atoms with Crippen molar-refractivity contribution in [3.05, 3.63) is 18.0 Å². The normalized spacial score (nSPS) is 23.8. The minimum absolute atomic E-state index is 0.399. The summed E-state index contributed by atoms with van der Waals surface area (Å²) in [6.45, 7) is 5.81. The lowest BCUT2D eigenvalue weighted by atomic mass is 9.98. The average Bonchev–Trinajstić information content (AvgIpc) is 2.73. The van der Waals surface area contributed by atoms with Gasteiger partial charge in [0.1, 0.15) is 0 Å². The SMILES string of the molecule is CC(NCC1CCCN(C)C1)c1cnn(C)c1. The molecule has 0 aromatic carbocycles. The molecular weight excluding hydrogens is 212 g/mol. The van der Waals surface area contributed by atoms with Gasteiger partial charge in [0.2, 0.25) is 0 Å². The molecule has 96 valence electrons. The van der Waals surface area contributed by atoms with Gasteiger partial charge in [-0.3, -0.25) is 4.68 Å². The molecule has 2 unspecified atom stereocenters. The topological polar surface area (TPSA) is 33.1 Å². The number of aromatic nitrogens is 2. The molecule has 0 radical (unpaired) electrons. The largest absolute Gasteiger partial charge is 0.310 e. The number of hydrogen-bond donors (Lipinski definition) is 1. The molecule has 1 fully saturated rings. The molecule has 0 bridgehead atoms. The van der Waals surface area contributed by atoms with Crippen molar-refractivity contribution >= 4 is 0 Å². The first kappa shape index (κ1) is 12.6. The van der Waals surface area contributed by atoms with Gasteiger partial charge in [0.05, 0.1) is 6.20 Å². The van der Waals surface area contributed by atoms with Crippen LogP contribution in [0.1, 0.15) is 31.4 Å². The van der Waals surface area contributed by atoms with Gasteiger partial charge < -0.3 is 10.2 Å². The minimum atomic E-state index is 0.399. The smallest absolute Gasteiger partial charge is 0.0537 e. The van der Waals surface area contributed by atoms with Gasteiger partial charge in [-0.05, 0) is 45.8 Å². The van der Waals surface area contributed by atoms with Crippen molar-refractivity contribution in [1.82, 2.24) is 20.0 Å². The predicted octanol–water partition coefficient (Wildman–Crippen LogP) is 1.41. The summed E-state index contributed by atoms with van der Waals surface area (Å²) in [7, 11) is 4.18. The Labute approximate surface area is 104 Å². The third-order valence-corrected chi connectivity index (χ3v) is 3.66. The highest BCUT2D eigenvalue weighted by molar-refractivity contribution is 5.08. The van der Waals surface area contributed by atoms with Crippen molar-refractivity contribution in [3.63, 3.8) is 0 Å². The van der Waals surface area contributed by atoms with Crippen molar-refractivity contribution in [2.24, 2.45) is 13.0 Å². The molecule has 2 rings (SSSR count). The van der Waals surface area contributed by atoms with Gasteiger partial charge in [-0.1, -0.05) is 0 Å². The molecule has 1 aromatic heterocycles. The van der Waals surface area contributed by atoms with Crippen LogP contribution < -0.4 is 5.32 Å². The molecule has 17 heavy (non-hydrogen) atoms. The maximum atomic E-state index is 4.21. The summed E-state index contributed by atoms with van der Waals surface area (Å²) in [5.74, 6) is 0.799. The third-order valence-electron chi connectivity index (χ3n) is 3.66. The molecule has 4 nitrogen and oxygen atoms in total. The Morgan fingerprint density at radius 1 is 1.53 bits per heavy atom. The monoisotopic (exact) mass is 236 g/mol. The van der Waals surface area contributed by atoms with Gasteiger partial charge in [-0.2, -0.15) is 5.10 Å². The van der Waals surface area contributed by atoms with Crippen LogP contribution in [0.25, 0.3) is 0 Å². The van der Waals surface area contributed by atoms with Crippen LogP contribution >= 0.6 is 0 Å². The van der Waals surface area contributed by atoms with E-state index in [0.717, 1.165) is 12.5 Å². The third kappa shape index (κ3) is 3.54. The highest BCUT2D eigenvalue weighted by Crippen LogP contribution is 2.16. The van der Waals surface area contributed by atoms with Gasteiger partial charge >= 0.3 is 0 Å². The van der Waals surface area contributed by atoms with Gasteiger partial charge in [-0.25, -0.2) is 0 Å². The van der Waals surface area contributed by atoms with E-state index in [0.29, 0.717) is 6.04 Å². The number of nitrogens with zero attached hydrogens (tertiary/aromatic N) is 3. The van der Waals surface area contributed by atoms with E-state index in [1.54, 1.807) is 0 Å². The Hall–Kier alpha value is -0.870. The lowest BCUT2D eigenvalue weighted by Gasteiger charge is -2.30. The summed E-state index contributed by atoms with van der Waals surface area (Å²) in [5, 5.41) is 7.84. The summed E-state index contributed by atoms with van der Waals surface area (Å²) in [6, 6.07) is 0.399. The number of nitrogens with one attached hydrogen (secondary N) is 1. The Morgan fingerprint density at radius 3 is 3.00 bits per heavy atom. The molecule has 4 heteroatoms. The van der Waals surface area contributed by atoms with Gasteiger partial charge in [0, 0.05) is 31.4 Å². The number of hydrogen-bond acceptors (Lipinski definition) is 3. The summed E-state index contributed by atoms with van der Waals surface area (Å²) >= 11 is 0. The van der Waals surface area contributed by atoms with Crippen molar-refractivity contribution < 1.29 is 0 Å². The average molecular weight is 236 g/mol. The van der Waals surface area contributed by atoms with Gasteiger partial charge in [-0.15, -0.1) is 0 Å². The Kier molecular flexibility index (Phi) is 4.18. The van der Waals surface area contributed by atoms with E-state index in [9.17, 15) is 0 Å². The summed E-state index contributed by atoms with van der Waals surface area (Å²) in [5.41, 5.74) is 1.27. The maximum Gasteiger partial charge on any atom is 0.0537 e. The second-order valence-electron chi connectivity index (χ2n) is 5.35. The number of aryl methyl sites for hydroxylation is 1. The molecule has 2 atom stereocenters. The van der Waals surface area contributed by atoms with Crippen molar-refractivity contribution in [1.29, 1.82) is 0 Å². The lowest BCUT2D eigenvalue weighted by molar-refractivity contribution is 0.203. The van der Waals surface area contributed by atoms with Crippen LogP contribution in [0.5, 0.6) is 0 Å². The van der Waals surface area contributed by atoms with Crippen LogP contribution in [0.2, 0.25) is 0 Å². The molecule has 1 saturated heterocycles. The fourth-order valence-electron chi connectivity index (χ4n) is 2.56. The molecule has 0 aliphatic carbocycles. The molecule has 1 aliphatic rings.